The number of nitrogens with zero attached hydrogens (tertiary/aromatic N) is 4. The Morgan fingerprint density at radius 3 is 2.48 bits per heavy atom. The molecule has 6 nitrogen and oxygen atoms in total. The minimum absolute atomic E-state index is 0.239. The maximum Gasteiger partial charge on any atom is 0.236 e. The molecule has 0 atom stereocenters. The summed E-state index contributed by atoms with van der Waals surface area (Å²) in [5.74, 6) is 1.95. The normalized spacial score (nSPS) is 16.3. The number of likely N-dealkylation sites (N-methyl/N-ethyl adjacent to an activating group) is 1. The summed E-state index contributed by atoms with van der Waals surface area (Å²) in [6.07, 6.45) is 2.07. The fraction of sp³-hybridized carbons (Fsp3) is 0.706. The van der Waals surface area contributed by atoms with Crippen LogP contribution in [0.2, 0.25) is 0 Å². The van der Waals surface area contributed by atoms with Crippen molar-refractivity contribution in [2.75, 3.05) is 38.0 Å². The number of anilines is 1. The molecule has 1 aliphatic heterocycles. The number of nitrogens with one attached hydrogen (secondary N) is 1. The number of amides is 1. The monoisotopic (exact) mass is 319 g/mol. The zero-order valence-electron chi connectivity index (χ0n) is 14.8. The summed E-state index contributed by atoms with van der Waals surface area (Å²) < 4.78 is 0. The molecule has 2 heterocycles. The molecule has 1 fully saturated rings. The molecule has 23 heavy (non-hydrogen) atoms. The lowest BCUT2D eigenvalue weighted by molar-refractivity contribution is -0.132. The number of carbonyl (C=O) groups is 1. The van der Waals surface area contributed by atoms with Crippen molar-refractivity contribution in [3.63, 3.8) is 0 Å². The first-order chi connectivity index (χ1) is 11.0. The van der Waals surface area contributed by atoms with Gasteiger partial charge in [-0.3, -0.25) is 9.69 Å². The van der Waals surface area contributed by atoms with Crippen molar-refractivity contribution in [1.82, 2.24) is 19.8 Å². The van der Waals surface area contributed by atoms with Gasteiger partial charge in [-0.1, -0.05) is 0 Å². The highest BCUT2D eigenvalue weighted by Crippen LogP contribution is 2.16. The second-order valence-electron chi connectivity index (χ2n) is 6.20. The molecule has 1 aromatic heterocycles. The van der Waals surface area contributed by atoms with Gasteiger partial charge in [-0.05, 0) is 40.5 Å². The summed E-state index contributed by atoms with van der Waals surface area (Å²) in [7, 11) is 0. The van der Waals surface area contributed by atoms with E-state index in [1.54, 1.807) is 0 Å². The van der Waals surface area contributed by atoms with Crippen LogP contribution in [-0.4, -0.2) is 64.4 Å². The van der Waals surface area contributed by atoms with Crippen molar-refractivity contribution >= 4 is 11.7 Å². The van der Waals surface area contributed by atoms with Crippen molar-refractivity contribution < 1.29 is 4.79 Å². The number of hydrogen-bond acceptors (Lipinski definition) is 5. The largest absolute Gasteiger partial charge is 0.367 e. The average Bonchev–Trinajstić information content (AvgIpc) is 2.49. The summed E-state index contributed by atoms with van der Waals surface area (Å²) in [5.41, 5.74) is 0.988. The van der Waals surface area contributed by atoms with E-state index in [4.69, 9.17) is 0 Å². The van der Waals surface area contributed by atoms with E-state index in [2.05, 4.69) is 20.2 Å². The fourth-order valence-electron chi connectivity index (χ4n) is 3.10. The lowest BCUT2D eigenvalue weighted by Crippen LogP contribution is -2.45. The van der Waals surface area contributed by atoms with Crippen molar-refractivity contribution in [1.29, 1.82) is 0 Å². The van der Waals surface area contributed by atoms with Crippen LogP contribution in [0.25, 0.3) is 0 Å². The van der Waals surface area contributed by atoms with Crippen LogP contribution >= 0.6 is 0 Å². The van der Waals surface area contributed by atoms with E-state index in [0.29, 0.717) is 12.6 Å². The third kappa shape index (κ3) is 5.16. The topological polar surface area (TPSA) is 61.4 Å². The zero-order valence-corrected chi connectivity index (χ0v) is 14.8. The Bertz CT molecular complexity index is 501. The molecule has 1 aromatic rings. The summed E-state index contributed by atoms with van der Waals surface area (Å²) >= 11 is 0. The van der Waals surface area contributed by atoms with Gasteiger partial charge in [-0.25, -0.2) is 9.97 Å². The molecule has 2 rings (SSSR count). The van der Waals surface area contributed by atoms with E-state index in [1.807, 2.05) is 38.7 Å². The second-order valence-corrected chi connectivity index (χ2v) is 6.20. The van der Waals surface area contributed by atoms with Crippen LogP contribution < -0.4 is 5.32 Å². The SMILES string of the molecule is CCN(CC)C(=O)CN1CCC(Nc2cc(C)nc(C)n2)CC1. The lowest BCUT2D eigenvalue weighted by atomic mass is 10.0. The molecule has 1 aliphatic rings. The average molecular weight is 319 g/mol. The molecule has 0 aromatic carbocycles. The molecule has 0 spiro atoms. The maximum atomic E-state index is 12.2. The first-order valence-electron chi connectivity index (χ1n) is 8.60. The Balaban J connectivity index is 1.80. The van der Waals surface area contributed by atoms with Gasteiger partial charge in [-0.15, -0.1) is 0 Å². The highest BCUT2D eigenvalue weighted by Gasteiger charge is 2.22. The van der Waals surface area contributed by atoms with Gasteiger partial charge in [0.05, 0.1) is 6.54 Å². The van der Waals surface area contributed by atoms with Crippen molar-refractivity contribution in [3.8, 4) is 0 Å². The van der Waals surface area contributed by atoms with Crippen LogP contribution in [0.15, 0.2) is 6.07 Å². The second kappa shape index (κ2) is 8.24. The van der Waals surface area contributed by atoms with Crippen LogP contribution in [0.1, 0.15) is 38.2 Å². The third-order valence-corrected chi connectivity index (χ3v) is 4.38. The van der Waals surface area contributed by atoms with Crippen molar-refractivity contribution in [3.05, 3.63) is 17.6 Å². The number of aromatic nitrogens is 2. The minimum Gasteiger partial charge on any atom is -0.367 e. The molecule has 0 unspecified atom stereocenters. The highest BCUT2D eigenvalue weighted by atomic mass is 16.2. The molecular formula is C17H29N5O. The molecule has 0 aliphatic carbocycles. The summed E-state index contributed by atoms with van der Waals surface area (Å²) in [5, 5.41) is 3.51. The number of hydrogen-bond donors (Lipinski definition) is 1. The Morgan fingerprint density at radius 1 is 1.26 bits per heavy atom. The quantitative estimate of drug-likeness (QED) is 0.867. The Kier molecular flexibility index (Phi) is 6.33. The Labute approximate surface area is 139 Å². The maximum absolute atomic E-state index is 12.2. The number of likely N-dealkylation sites (tertiary alicyclic amines) is 1. The summed E-state index contributed by atoms with van der Waals surface area (Å²) in [6.45, 7) is 12.0. The van der Waals surface area contributed by atoms with Gasteiger partial charge in [-0.2, -0.15) is 0 Å². The molecule has 6 heteroatoms. The smallest absolute Gasteiger partial charge is 0.236 e. The predicted molar refractivity (Wildman–Crippen MR) is 92.5 cm³/mol. The van der Waals surface area contributed by atoms with Crippen LogP contribution in [0.4, 0.5) is 5.82 Å². The van der Waals surface area contributed by atoms with Crippen LogP contribution in [0.3, 0.4) is 0 Å². The van der Waals surface area contributed by atoms with Gasteiger partial charge in [0.2, 0.25) is 5.91 Å². The standard InChI is InChI=1S/C17H29N5O/c1-5-22(6-2)17(23)12-21-9-7-15(8-10-21)20-16-11-13(3)18-14(4)19-16/h11,15H,5-10,12H2,1-4H3,(H,18,19,20). The first-order valence-corrected chi connectivity index (χ1v) is 8.60. The van der Waals surface area contributed by atoms with Gasteiger partial charge in [0, 0.05) is 44.0 Å². The molecule has 1 N–H and O–H groups in total. The van der Waals surface area contributed by atoms with E-state index in [-0.39, 0.29) is 5.91 Å². The minimum atomic E-state index is 0.239. The summed E-state index contributed by atoms with van der Waals surface area (Å²) in [4.78, 5) is 25.1. The van der Waals surface area contributed by atoms with Crippen molar-refractivity contribution in [2.45, 2.75) is 46.6 Å². The van der Waals surface area contributed by atoms with Crippen molar-refractivity contribution in [2.24, 2.45) is 0 Å². The third-order valence-electron chi connectivity index (χ3n) is 4.38. The number of carbonyl (C=O) groups excluding carboxylic acids is 1. The van der Waals surface area contributed by atoms with Gasteiger partial charge in [0.25, 0.3) is 0 Å². The van der Waals surface area contributed by atoms with Crippen LogP contribution in [-0.2, 0) is 4.79 Å². The Morgan fingerprint density at radius 2 is 1.91 bits per heavy atom. The predicted octanol–water partition coefficient (Wildman–Crippen LogP) is 1.84. The number of aryl methyl sites for hydroxylation is 2. The Hall–Kier alpha value is -1.69. The number of rotatable bonds is 6. The number of piperidine rings is 1. The van der Waals surface area contributed by atoms with Gasteiger partial charge in [0.1, 0.15) is 11.6 Å². The van der Waals surface area contributed by atoms with Gasteiger partial charge < -0.3 is 10.2 Å². The first kappa shape index (κ1) is 17.7. The molecule has 0 bridgehead atoms. The van der Waals surface area contributed by atoms with E-state index in [1.165, 1.54) is 0 Å². The molecule has 1 amide bonds. The van der Waals surface area contributed by atoms with E-state index in [9.17, 15) is 4.79 Å². The lowest BCUT2D eigenvalue weighted by Gasteiger charge is -2.33. The molecule has 1 saturated heterocycles. The molecule has 128 valence electrons. The van der Waals surface area contributed by atoms with Gasteiger partial charge >= 0.3 is 0 Å². The van der Waals surface area contributed by atoms with Crippen LogP contribution in [0.5, 0.6) is 0 Å². The van der Waals surface area contributed by atoms with E-state index < -0.39 is 0 Å². The summed E-state index contributed by atoms with van der Waals surface area (Å²) in [6, 6.07) is 2.41. The van der Waals surface area contributed by atoms with E-state index >= 15 is 0 Å². The molecular weight excluding hydrogens is 290 g/mol. The highest BCUT2D eigenvalue weighted by molar-refractivity contribution is 5.78. The van der Waals surface area contributed by atoms with E-state index in [0.717, 1.165) is 56.4 Å². The molecule has 0 radical (unpaired) electrons. The zero-order chi connectivity index (χ0) is 16.8. The molecule has 0 saturated carbocycles. The van der Waals surface area contributed by atoms with Gasteiger partial charge in [0.15, 0.2) is 0 Å². The fourth-order valence-corrected chi connectivity index (χ4v) is 3.10. The van der Waals surface area contributed by atoms with Crippen LogP contribution in [0, 0.1) is 13.8 Å².